The van der Waals surface area contributed by atoms with Gasteiger partial charge in [0, 0.05) is 6.54 Å². The zero-order valence-electron chi connectivity index (χ0n) is 8.30. The third-order valence-corrected chi connectivity index (χ3v) is 2.72. The van der Waals surface area contributed by atoms with E-state index in [0.717, 1.165) is 31.9 Å². The largest absolute Gasteiger partial charge is 0.370 e. The first-order chi connectivity index (χ1) is 5.64. The van der Waals surface area contributed by atoms with E-state index >= 15 is 0 Å². The maximum Gasteiger partial charge on any atom is 0.191 e. The molecule has 70 valence electrons. The molecular formula is C9H19N3. The first-order valence-corrected chi connectivity index (χ1v) is 4.71. The van der Waals surface area contributed by atoms with Gasteiger partial charge in [0.15, 0.2) is 5.96 Å². The monoisotopic (exact) mass is 169 g/mol. The average Bonchev–Trinajstić information content (AvgIpc) is 2.34. The molecule has 0 aliphatic carbocycles. The van der Waals surface area contributed by atoms with Crippen molar-refractivity contribution in [1.29, 1.82) is 0 Å². The molecule has 0 aromatic rings. The Balaban J connectivity index is 2.69. The summed E-state index contributed by atoms with van der Waals surface area (Å²) in [7, 11) is 0. The molecule has 0 fully saturated rings. The van der Waals surface area contributed by atoms with Gasteiger partial charge in [0.2, 0.25) is 0 Å². The van der Waals surface area contributed by atoms with Crippen molar-refractivity contribution < 1.29 is 0 Å². The van der Waals surface area contributed by atoms with E-state index in [1.54, 1.807) is 0 Å². The van der Waals surface area contributed by atoms with Gasteiger partial charge in [-0.2, -0.15) is 0 Å². The van der Waals surface area contributed by atoms with Crippen LogP contribution in [-0.2, 0) is 0 Å². The van der Waals surface area contributed by atoms with Crippen LogP contribution < -0.4 is 5.73 Å². The van der Waals surface area contributed by atoms with Gasteiger partial charge in [0.05, 0.1) is 12.1 Å². The Kier molecular flexibility index (Phi) is 2.60. The van der Waals surface area contributed by atoms with Crippen LogP contribution in [0.2, 0.25) is 0 Å². The first kappa shape index (κ1) is 9.36. The molecular weight excluding hydrogens is 150 g/mol. The van der Waals surface area contributed by atoms with Crippen molar-refractivity contribution in [3.63, 3.8) is 0 Å². The van der Waals surface area contributed by atoms with Gasteiger partial charge in [-0.25, -0.2) is 0 Å². The third-order valence-electron chi connectivity index (χ3n) is 2.72. The van der Waals surface area contributed by atoms with Gasteiger partial charge in [-0.1, -0.05) is 13.8 Å². The standard InChI is InChI=1S/C9H19N3/c1-4-6-12-8(10)11-7-9(12,3)5-2/h4-7H2,1-3H3,(H2,10,11). The molecule has 0 saturated heterocycles. The molecule has 0 radical (unpaired) electrons. The molecule has 1 aliphatic rings. The highest BCUT2D eigenvalue weighted by Gasteiger charge is 2.35. The number of rotatable bonds is 3. The fourth-order valence-electron chi connectivity index (χ4n) is 1.61. The highest BCUT2D eigenvalue weighted by molar-refractivity contribution is 5.80. The molecule has 3 heteroatoms. The zero-order chi connectivity index (χ0) is 9.19. The smallest absolute Gasteiger partial charge is 0.191 e. The molecule has 1 heterocycles. The Bertz CT molecular complexity index is 188. The molecule has 3 nitrogen and oxygen atoms in total. The van der Waals surface area contributed by atoms with Crippen LogP contribution in [0.25, 0.3) is 0 Å². The van der Waals surface area contributed by atoms with Crippen LogP contribution in [-0.4, -0.2) is 29.5 Å². The van der Waals surface area contributed by atoms with E-state index in [-0.39, 0.29) is 5.54 Å². The zero-order valence-corrected chi connectivity index (χ0v) is 8.30. The maximum absolute atomic E-state index is 5.79. The molecule has 0 aromatic heterocycles. The normalized spacial score (nSPS) is 29.2. The second-order valence-corrected chi connectivity index (χ2v) is 3.68. The highest BCUT2D eigenvalue weighted by Crippen LogP contribution is 2.24. The Labute approximate surface area is 74.6 Å². The fraction of sp³-hybridized carbons (Fsp3) is 0.889. The summed E-state index contributed by atoms with van der Waals surface area (Å²) in [6.07, 6.45) is 2.24. The molecule has 2 N–H and O–H groups in total. The second-order valence-electron chi connectivity index (χ2n) is 3.68. The molecule has 12 heavy (non-hydrogen) atoms. The minimum absolute atomic E-state index is 0.181. The van der Waals surface area contributed by atoms with E-state index in [9.17, 15) is 0 Å². The summed E-state index contributed by atoms with van der Waals surface area (Å²) in [6.45, 7) is 8.47. The van der Waals surface area contributed by atoms with E-state index in [4.69, 9.17) is 5.73 Å². The quantitative estimate of drug-likeness (QED) is 0.689. The lowest BCUT2D eigenvalue weighted by atomic mass is 9.98. The Morgan fingerprint density at radius 1 is 1.58 bits per heavy atom. The van der Waals surface area contributed by atoms with E-state index in [1.165, 1.54) is 0 Å². The van der Waals surface area contributed by atoms with Crippen molar-refractivity contribution in [3.8, 4) is 0 Å². The van der Waals surface area contributed by atoms with E-state index < -0.39 is 0 Å². The minimum atomic E-state index is 0.181. The lowest BCUT2D eigenvalue weighted by Gasteiger charge is -2.35. The Morgan fingerprint density at radius 2 is 2.25 bits per heavy atom. The number of aliphatic imine (C=N–C) groups is 1. The topological polar surface area (TPSA) is 41.6 Å². The van der Waals surface area contributed by atoms with Crippen molar-refractivity contribution in [2.24, 2.45) is 10.7 Å². The number of guanidine groups is 1. The SMILES string of the molecule is CCCN1C(N)=NCC1(C)CC. The van der Waals surface area contributed by atoms with Crippen LogP contribution >= 0.6 is 0 Å². The number of nitrogens with two attached hydrogens (primary N) is 1. The van der Waals surface area contributed by atoms with Gasteiger partial charge in [0.25, 0.3) is 0 Å². The van der Waals surface area contributed by atoms with Crippen LogP contribution in [0.15, 0.2) is 4.99 Å². The molecule has 0 aromatic carbocycles. The molecule has 1 unspecified atom stereocenters. The van der Waals surface area contributed by atoms with E-state index in [2.05, 4.69) is 30.7 Å². The van der Waals surface area contributed by atoms with Crippen molar-refractivity contribution in [3.05, 3.63) is 0 Å². The number of nitrogens with zero attached hydrogens (tertiary/aromatic N) is 2. The molecule has 0 saturated carbocycles. The van der Waals surface area contributed by atoms with Gasteiger partial charge < -0.3 is 10.6 Å². The molecule has 1 rings (SSSR count). The van der Waals surface area contributed by atoms with Gasteiger partial charge in [-0.3, -0.25) is 4.99 Å². The summed E-state index contributed by atoms with van der Waals surface area (Å²) in [5.41, 5.74) is 5.97. The third kappa shape index (κ3) is 1.40. The van der Waals surface area contributed by atoms with Crippen LogP contribution in [0, 0.1) is 0 Å². The molecule has 1 atom stereocenters. The van der Waals surface area contributed by atoms with Crippen molar-refractivity contribution in [2.75, 3.05) is 13.1 Å². The fourth-order valence-corrected chi connectivity index (χ4v) is 1.61. The van der Waals surface area contributed by atoms with E-state index in [1.807, 2.05) is 0 Å². The van der Waals surface area contributed by atoms with Gasteiger partial charge >= 0.3 is 0 Å². The van der Waals surface area contributed by atoms with Crippen LogP contribution in [0.1, 0.15) is 33.6 Å². The van der Waals surface area contributed by atoms with Gasteiger partial charge in [-0.05, 0) is 19.8 Å². The van der Waals surface area contributed by atoms with Gasteiger partial charge in [0.1, 0.15) is 0 Å². The van der Waals surface area contributed by atoms with Crippen molar-refractivity contribution in [2.45, 2.75) is 39.2 Å². The molecule has 0 bridgehead atoms. The minimum Gasteiger partial charge on any atom is -0.370 e. The number of hydrogen-bond acceptors (Lipinski definition) is 3. The lowest BCUT2D eigenvalue weighted by molar-refractivity contribution is 0.215. The summed E-state index contributed by atoms with van der Waals surface area (Å²) in [5.74, 6) is 0.723. The maximum atomic E-state index is 5.79. The Morgan fingerprint density at radius 3 is 2.75 bits per heavy atom. The van der Waals surface area contributed by atoms with Crippen LogP contribution in [0.3, 0.4) is 0 Å². The first-order valence-electron chi connectivity index (χ1n) is 4.71. The van der Waals surface area contributed by atoms with Crippen LogP contribution in [0.4, 0.5) is 0 Å². The molecule has 0 amide bonds. The summed E-state index contributed by atoms with van der Waals surface area (Å²) >= 11 is 0. The van der Waals surface area contributed by atoms with Crippen molar-refractivity contribution >= 4 is 5.96 Å². The lowest BCUT2D eigenvalue weighted by Crippen LogP contribution is -2.49. The molecule has 0 spiro atoms. The predicted molar refractivity (Wildman–Crippen MR) is 52.2 cm³/mol. The van der Waals surface area contributed by atoms with Crippen molar-refractivity contribution in [1.82, 2.24) is 4.90 Å². The van der Waals surface area contributed by atoms with Crippen LogP contribution in [0.5, 0.6) is 0 Å². The second kappa shape index (κ2) is 3.33. The Hall–Kier alpha value is -0.730. The summed E-state index contributed by atoms with van der Waals surface area (Å²) < 4.78 is 0. The predicted octanol–water partition coefficient (Wildman–Crippen LogP) is 1.20. The summed E-state index contributed by atoms with van der Waals surface area (Å²) in [4.78, 5) is 6.51. The van der Waals surface area contributed by atoms with Gasteiger partial charge in [-0.15, -0.1) is 0 Å². The number of hydrogen-bond donors (Lipinski definition) is 1. The average molecular weight is 169 g/mol. The summed E-state index contributed by atoms with van der Waals surface area (Å²) in [6, 6.07) is 0. The summed E-state index contributed by atoms with van der Waals surface area (Å²) in [5, 5.41) is 0. The highest BCUT2D eigenvalue weighted by atomic mass is 15.3. The van der Waals surface area contributed by atoms with E-state index in [0.29, 0.717) is 0 Å². The molecule has 1 aliphatic heterocycles.